The predicted octanol–water partition coefficient (Wildman–Crippen LogP) is 2.11. The lowest BCUT2D eigenvalue weighted by atomic mass is 10.2. The fourth-order valence-electron chi connectivity index (χ4n) is 2.53. The Morgan fingerprint density at radius 1 is 1.48 bits per heavy atom. The van der Waals surface area contributed by atoms with Gasteiger partial charge < -0.3 is 9.47 Å². The zero-order valence-corrected chi connectivity index (χ0v) is 12.6. The summed E-state index contributed by atoms with van der Waals surface area (Å²) in [6.07, 6.45) is 4.23. The van der Waals surface area contributed by atoms with Crippen molar-refractivity contribution in [1.29, 1.82) is 0 Å². The highest BCUT2D eigenvalue weighted by molar-refractivity contribution is 7.09. The molecule has 0 radical (unpaired) electrons. The molecule has 6 nitrogen and oxygen atoms in total. The molecule has 0 saturated heterocycles. The third-order valence-corrected chi connectivity index (χ3v) is 4.46. The maximum Gasteiger partial charge on any atom is 0.360 e. The molecule has 1 fully saturated rings. The molecule has 2 atom stereocenters. The second-order valence-corrected chi connectivity index (χ2v) is 6.06. The van der Waals surface area contributed by atoms with E-state index in [2.05, 4.69) is 10.3 Å². The third kappa shape index (κ3) is 3.30. The van der Waals surface area contributed by atoms with E-state index >= 15 is 0 Å². The van der Waals surface area contributed by atoms with Crippen molar-refractivity contribution in [3.8, 4) is 0 Å². The van der Waals surface area contributed by atoms with Crippen molar-refractivity contribution in [3.05, 3.63) is 34.3 Å². The topological polar surface area (TPSA) is 66.2 Å². The lowest BCUT2D eigenvalue weighted by Crippen LogP contribution is -2.27. The Hall–Kier alpha value is -1.73. The third-order valence-electron chi connectivity index (χ3n) is 3.60. The van der Waals surface area contributed by atoms with Crippen molar-refractivity contribution in [2.45, 2.75) is 38.0 Å². The number of nitrogens with zero attached hydrogens (tertiary/aromatic N) is 3. The largest absolute Gasteiger partial charge is 0.455 e. The SMILES string of the molecule is CO[C@H]1CCC[C@@H]1OC(=O)c1cn(Cc2cccs2)nn1. The van der Waals surface area contributed by atoms with Gasteiger partial charge in [-0.25, -0.2) is 9.48 Å². The molecule has 0 bridgehead atoms. The maximum atomic E-state index is 12.1. The van der Waals surface area contributed by atoms with Gasteiger partial charge in [-0.15, -0.1) is 16.4 Å². The Labute approximate surface area is 126 Å². The summed E-state index contributed by atoms with van der Waals surface area (Å²) in [5.41, 5.74) is 0.244. The molecule has 0 spiro atoms. The fourth-order valence-corrected chi connectivity index (χ4v) is 3.22. The summed E-state index contributed by atoms with van der Waals surface area (Å²) in [6, 6.07) is 4.00. The van der Waals surface area contributed by atoms with Gasteiger partial charge in [-0.1, -0.05) is 11.3 Å². The molecule has 3 rings (SSSR count). The van der Waals surface area contributed by atoms with Gasteiger partial charge in [-0.2, -0.15) is 0 Å². The second kappa shape index (κ2) is 6.36. The van der Waals surface area contributed by atoms with Crippen LogP contribution in [0.4, 0.5) is 0 Å². The minimum atomic E-state index is -0.429. The summed E-state index contributed by atoms with van der Waals surface area (Å²) in [5.74, 6) is -0.429. The smallest absolute Gasteiger partial charge is 0.360 e. The molecule has 2 aromatic heterocycles. The number of carbonyl (C=O) groups is 1. The van der Waals surface area contributed by atoms with Gasteiger partial charge in [-0.05, 0) is 30.7 Å². The first-order valence-corrected chi connectivity index (χ1v) is 7.80. The van der Waals surface area contributed by atoms with E-state index in [0.29, 0.717) is 6.54 Å². The van der Waals surface area contributed by atoms with Crippen LogP contribution in [0, 0.1) is 0 Å². The molecule has 1 aliphatic carbocycles. The normalized spacial score (nSPS) is 21.6. The Balaban J connectivity index is 1.61. The van der Waals surface area contributed by atoms with Gasteiger partial charge in [-0.3, -0.25) is 0 Å². The Bertz CT molecular complexity index is 596. The summed E-state index contributed by atoms with van der Waals surface area (Å²) in [4.78, 5) is 13.2. The molecule has 0 aromatic carbocycles. The Morgan fingerprint density at radius 2 is 2.33 bits per heavy atom. The maximum absolute atomic E-state index is 12.1. The van der Waals surface area contributed by atoms with Gasteiger partial charge in [0.05, 0.1) is 18.8 Å². The highest BCUT2D eigenvalue weighted by Gasteiger charge is 2.31. The minimum absolute atomic E-state index is 0.00452. The number of methoxy groups -OCH3 is 1. The van der Waals surface area contributed by atoms with Crippen molar-refractivity contribution in [3.63, 3.8) is 0 Å². The second-order valence-electron chi connectivity index (χ2n) is 5.03. The number of esters is 1. The van der Waals surface area contributed by atoms with E-state index in [1.54, 1.807) is 29.3 Å². The van der Waals surface area contributed by atoms with Crippen LogP contribution in [0.3, 0.4) is 0 Å². The van der Waals surface area contributed by atoms with Crippen LogP contribution >= 0.6 is 11.3 Å². The van der Waals surface area contributed by atoms with Crippen molar-refractivity contribution in [2.75, 3.05) is 7.11 Å². The van der Waals surface area contributed by atoms with Crippen LogP contribution in [0.2, 0.25) is 0 Å². The molecule has 112 valence electrons. The molecule has 7 heteroatoms. The highest BCUT2D eigenvalue weighted by atomic mass is 32.1. The fraction of sp³-hybridized carbons (Fsp3) is 0.500. The van der Waals surface area contributed by atoms with Crippen molar-refractivity contribution >= 4 is 17.3 Å². The van der Waals surface area contributed by atoms with E-state index < -0.39 is 5.97 Å². The number of ether oxygens (including phenoxy) is 2. The number of hydrogen-bond acceptors (Lipinski definition) is 6. The molecule has 0 amide bonds. The summed E-state index contributed by atoms with van der Waals surface area (Å²) in [5, 5.41) is 9.87. The van der Waals surface area contributed by atoms with Gasteiger partial charge in [0.15, 0.2) is 5.69 Å². The van der Waals surface area contributed by atoms with Crippen LogP contribution in [0.5, 0.6) is 0 Å². The first kappa shape index (κ1) is 14.2. The first-order valence-electron chi connectivity index (χ1n) is 6.92. The first-order chi connectivity index (χ1) is 10.3. The van der Waals surface area contributed by atoms with Crippen LogP contribution in [-0.2, 0) is 16.0 Å². The molecular weight excluding hydrogens is 290 g/mol. The van der Waals surface area contributed by atoms with Crippen molar-refractivity contribution in [1.82, 2.24) is 15.0 Å². The Kier molecular flexibility index (Phi) is 4.31. The summed E-state index contributed by atoms with van der Waals surface area (Å²) < 4.78 is 12.4. The number of carbonyl (C=O) groups excluding carboxylic acids is 1. The molecule has 0 unspecified atom stereocenters. The van der Waals surface area contributed by atoms with E-state index in [4.69, 9.17) is 9.47 Å². The number of aromatic nitrogens is 3. The molecule has 1 saturated carbocycles. The lowest BCUT2D eigenvalue weighted by molar-refractivity contribution is -0.0210. The van der Waals surface area contributed by atoms with E-state index in [0.717, 1.165) is 24.1 Å². The van der Waals surface area contributed by atoms with E-state index in [-0.39, 0.29) is 17.9 Å². The number of rotatable bonds is 5. The van der Waals surface area contributed by atoms with E-state index in [9.17, 15) is 4.79 Å². The molecule has 21 heavy (non-hydrogen) atoms. The van der Waals surface area contributed by atoms with Crippen LogP contribution in [0.1, 0.15) is 34.6 Å². The monoisotopic (exact) mass is 307 g/mol. The quantitative estimate of drug-likeness (QED) is 0.792. The molecule has 0 aliphatic heterocycles. The summed E-state index contributed by atoms with van der Waals surface area (Å²) in [6.45, 7) is 0.613. The number of hydrogen-bond donors (Lipinski definition) is 0. The van der Waals surface area contributed by atoms with E-state index in [1.807, 2.05) is 17.5 Å². The molecule has 1 aliphatic rings. The van der Waals surface area contributed by atoms with Crippen LogP contribution in [-0.4, -0.2) is 40.3 Å². The molecule has 0 N–H and O–H groups in total. The van der Waals surface area contributed by atoms with Gasteiger partial charge in [0.1, 0.15) is 6.10 Å². The van der Waals surface area contributed by atoms with Crippen LogP contribution < -0.4 is 0 Å². The van der Waals surface area contributed by atoms with Gasteiger partial charge in [0.25, 0.3) is 0 Å². The summed E-state index contributed by atoms with van der Waals surface area (Å²) >= 11 is 1.64. The van der Waals surface area contributed by atoms with Crippen LogP contribution in [0.25, 0.3) is 0 Å². The standard InChI is InChI=1S/C14H17N3O3S/c1-19-12-5-2-6-13(12)20-14(18)11-9-17(16-15-11)8-10-4-3-7-21-10/h3-4,7,9,12-13H,2,5-6,8H2,1H3/t12-,13-/m0/s1. The minimum Gasteiger partial charge on any atom is -0.455 e. The lowest BCUT2D eigenvalue weighted by Gasteiger charge is -2.17. The van der Waals surface area contributed by atoms with Gasteiger partial charge >= 0.3 is 5.97 Å². The molecule has 2 heterocycles. The number of thiophene rings is 1. The highest BCUT2D eigenvalue weighted by Crippen LogP contribution is 2.25. The van der Waals surface area contributed by atoms with Crippen molar-refractivity contribution < 1.29 is 14.3 Å². The van der Waals surface area contributed by atoms with Gasteiger partial charge in [0, 0.05) is 12.0 Å². The summed E-state index contributed by atoms with van der Waals surface area (Å²) in [7, 11) is 1.65. The zero-order chi connectivity index (χ0) is 14.7. The average Bonchev–Trinajstić information content (AvgIpc) is 3.20. The molecular formula is C14H17N3O3S. The van der Waals surface area contributed by atoms with Crippen molar-refractivity contribution in [2.24, 2.45) is 0 Å². The van der Waals surface area contributed by atoms with E-state index in [1.165, 1.54) is 0 Å². The van der Waals surface area contributed by atoms with Crippen LogP contribution in [0.15, 0.2) is 23.7 Å². The van der Waals surface area contributed by atoms with Gasteiger partial charge in [0.2, 0.25) is 0 Å². The zero-order valence-electron chi connectivity index (χ0n) is 11.8. The Morgan fingerprint density at radius 3 is 3.10 bits per heavy atom. The average molecular weight is 307 g/mol. The predicted molar refractivity (Wildman–Crippen MR) is 77.3 cm³/mol. The molecule has 2 aromatic rings.